The molecule has 0 bridgehead atoms. The Morgan fingerprint density at radius 1 is 1.06 bits per heavy atom. The maximum Gasteiger partial charge on any atom is 0.305 e. The summed E-state index contributed by atoms with van der Waals surface area (Å²) in [6.45, 7) is 4.49. The largest absolute Gasteiger partial charge is 0.469 e. The topological polar surface area (TPSA) is 70.6 Å². The molecule has 1 aromatic rings. The van der Waals surface area contributed by atoms with Crippen LogP contribution in [0.4, 0.5) is 11.8 Å². The maximum absolute atomic E-state index is 11.4. The highest BCUT2D eigenvalue weighted by atomic mass is 16.5. The maximum atomic E-state index is 11.4. The fraction of sp³-hybridized carbons (Fsp3) is 0.800. The van der Waals surface area contributed by atoms with E-state index in [0.29, 0.717) is 24.4 Å². The van der Waals surface area contributed by atoms with Gasteiger partial charge >= 0.3 is 5.97 Å². The Morgan fingerprint density at radius 3 is 2.59 bits per heavy atom. The number of esters is 1. The van der Waals surface area contributed by atoms with Gasteiger partial charge in [0.05, 0.1) is 7.11 Å². The molecule has 1 saturated carbocycles. The highest BCUT2D eigenvalue weighted by Gasteiger charge is 2.30. The average Bonchev–Trinajstić information content (AvgIpc) is 3.13. The summed E-state index contributed by atoms with van der Waals surface area (Å²) in [6.07, 6.45) is 16.0. The molecule has 0 amide bonds. The summed E-state index contributed by atoms with van der Waals surface area (Å²) >= 11 is 0. The van der Waals surface area contributed by atoms with Gasteiger partial charge in [-0.25, -0.2) is 4.98 Å². The van der Waals surface area contributed by atoms with E-state index < -0.39 is 0 Å². The van der Waals surface area contributed by atoms with Crippen LogP contribution in [0.3, 0.4) is 0 Å². The second-order valence-electron chi connectivity index (χ2n) is 9.91. The zero-order valence-electron chi connectivity index (χ0n) is 19.8. The average molecular weight is 444 g/mol. The van der Waals surface area contributed by atoms with Crippen LogP contribution >= 0.6 is 0 Å². The number of anilines is 2. The van der Waals surface area contributed by atoms with Crippen LogP contribution in [-0.2, 0) is 9.53 Å². The SMILES string of the molecule is COC(=O)CCC1CCC(N2CCCC(Nc3nccc(N4CCCCCC4)n3)C2)CC1. The normalized spacial score (nSPS) is 27.5. The summed E-state index contributed by atoms with van der Waals surface area (Å²) in [5.41, 5.74) is 0. The van der Waals surface area contributed by atoms with Gasteiger partial charge in [-0.05, 0) is 76.3 Å². The standard InChI is InChI=1S/C25H41N5O2/c1-32-24(31)13-10-20-8-11-22(12-9-20)30-18-6-7-21(19-30)27-25-26-15-14-23(28-25)29-16-4-2-3-5-17-29/h14-15,20-22H,2-13,16-19H2,1H3,(H,26,27,28). The van der Waals surface area contributed by atoms with Gasteiger partial charge in [0.2, 0.25) is 5.95 Å². The Bertz CT molecular complexity index is 714. The number of piperidine rings is 1. The van der Waals surface area contributed by atoms with E-state index in [4.69, 9.17) is 9.72 Å². The fourth-order valence-corrected chi connectivity index (χ4v) is 5.76. The number of methoxy groups -OCH3 is 1. The van der Waals surface area contributed by atoms with E-state index in [9.17, 15) is 4.79 Å². The number of nitrogens with zero attached hydrogens (tertiary/aromatic N) is 4. The summed E-state index contributed by atoms with van der Waals surface area (Å²) in [5.74, 6) is 2.46. The van der Waals surface area contributed by atoms with E-state index >= 15 is 0 Å². The number of nitrogens with one attached hydrogen (secondary N) is 1. The molecule has 0 spiro atoms. The van der Waals surface area contributed by atoms with Gasteiger partial charge in [0.1, 0.15) is 5.82 Å². The van der Waals surface area contributed by atoms with E-state index in [1.165, 1.54) is 77.9 Å². The molecule has 178 valence electrons. The minimum Gasteiger partial charge on any atom is -0.469 e. The number of ether oxygens (including phenoxy) is 1. The number of likely N-dealkylation sites (tertiary alicyclic amines) is 1. The fourth-order valence-electron chi connectivity index (χ4n) is 5.76. The molecule has 1 aliphatic carbocycles. The molecule has 1 N–H and O–H groups in total. The first-order valence-electron chi connectivity index (χ1n) is 12.9. The molecular formula is C25H41N5O2. The van der Waals surface area contributed by atoms with Crippen LogP contribution in [0.15, 0.2) is 12.3 Å². The van der Waals surface area contributed by atoms with Gasteiger partial charge in [-0.2, -0.15) is 4.98 Å². The van der Waals surface area contributed by atoms with Gasteiger partial charge in [0.15, 0.2) is 0 Å². The molecule has 2 saturated heterocycles. The lowest BCUT2D eigenvalue weighted by Crippen LogP contribution is -2.48. The monoisotopic (exact) mass is 443 g/mol. The first-order valence-corrected chi connectivity index (χ1v) is 12.9. The van der Waals surface area contributed by atoms with Crippen molar-refractivity contribution in [1.82, 2.24) is 14.9 Å². The summed E-state index contributed by atoms with van der Waals surface area (Å²) < 4.78 is 4.80. The van der Waals surface area contributed by atoms with Gasteiger partial charge < -0.3 is 15.0 Å². The van der Waals surface area contributed by atoms with Gasteiger partial charge in [-0.3, -0.25) is 9.69 Å². The number of aromatic nitrogens is 2. The van der Waals surface area contributed by atoms with E-state index in [1.54, 1.807) is 0 Å². The van der Waals surface area contributed by atoms with E-state index in [0.717, 1.165) is 37.8 Å². The summed E-state index contributed by atoms with van der Waals surface area (Å²) in [4.78, 5) is 25.9. The van der Waals surface area contributed by atoms with Crippen molar-refractivity contribution in [2.24, 2.45) is 5.92 Å². The van der Waals surface area contributed by atoms with Crippen LogP contribution in [-0.4, -0.2) is 66.2 Å². The van der Waals surface area contributed by atoms with Crippen molar-refractivity contribution >= 4 is 17.7 Å². The molecule has 7 heteroatoms. The number of hydrogen-bond acceptors (Lipinski definition) is 7. The predicted molar refractivity (Wildman–Crippen MR) is 128 cm³/mol. The number of carbonyl (C=O) groups excluding carboxylic acids is 1. The molecule has 4 rings (SSSR count). The Kier molecular flexibility index (Phi) is 8.60. The molecule has 3 heterocycles. The van der Waals surface area contributed by atoms with Gasteiger partial charge in [-0.15, -0.1) is 0 Å². The summed E-state index contributed by atoms with van der Waals surface area (Å²) in [5, 5.41) is 3.65. The molecule has 1 atom stereocenters. The Balaban J connectivity index is 1.26. The zero-order chi connectivity index (χ0) is 22.2. The summed E-state index contributed by atoms with van der Waals surface area (Å²) in [7, 11) is 1.48. The quantitative estimate of drug-likeness (QED) is 0.632. The van der Waals surface area contributed by atoms with Gasteiger partial charge in [-0.1, -0.05) is 12.8 Å². The van der Waals surface area contributed by atoms with Gasteiger partial charge in [0, 0.05) is 44.3 Å². The first kappa shape index (κ1) is 23.3. The van der Waals surface area contributed by atoms with Crippen LogP contribution in [0, 0.1) is 5.92 Å². The molecule has 0 aromatic carbocycles. The second kappa shape index (κ2) is 11.8. The third-order valence-electron chi connectivity index (χ3n) is 7.67. The Hall–Kier alpha value is -1.89. The molecule has 3 fully saturated rings. The molecule has 7 nitrogen and oxygen atoms in total. The molecule has 1 unspecified atom stereocenters. The lowest BCUT2D eigenvalue weighted by Gasteiger charge is -2.41. The lowest BCUT2D eigenvalue weighted by atomic mass is 9.82. The van der Waals surface area contributed by atoms with Crippen LogP contribution in [0.2, 0.25) is 0 Å². The minimum absolute atomic E-state index is 0.0702. The number of carbonyl (C=O) groups is 1. The molecule has 2 aliphatic heterocycles. The molecular weight excluding hydrogens is 402 g/mol. The van der Waals surface area contributed by atoms with Crippen LogP contribution in [0.5, 0.6) is 0 Å². The van der Waals surface area contributed by atoms with Crippen molar-refractivity contribution in [3.05, 3.63) is 12.3 Å². The predicted octanol–water partition coefficient (Wildman–Crippen LogP) is 4.25. The highest BCUT2D eigenvalue weighted by molar-refractivity contribution is 5.69. The van der Waals surface area contributed by atoms with E-state index in [2.05, 4.69) is 26.2 Å². The molecule has 1 aromatic heterocycles. The minimum atomic E-state index is -0.0702. The van der Waals surface area contributed by atoms with Crippen molar-refractivity contribution < 1.29 is 9.53 Å². The van der Waals surface area contributed by atoms with Crippen molar-refractivity contribution in [2.45, 2.75) is 89.1 Å². The molecule has 3 aliphatic rings. The lowest BCUT2D eigenvalue weighted by molar-refractivity contribution is -0.141. The van der Waals surface area contributed by atoms with Crippen molar-refractivity contribution in [2.75, 3.05) is 43.5 Å². The second-order valence-corrected chi connectivity index (χ2v) is 9.91. The first-order chi connectivity index (χ1) is 15.7. The summed E-state index contributed by atoms with van der Waals surface area (Å²) in [6, 6.07) is 3.15. The van der Waals surface area contributed by atoms with E-state index in [1.807, 2.05) is 6.20 Å². The smallest absolute Gasteiger partial charge is 0.305 e. The van der Waals surface area contributed by atoms with E-state index in [-0.39, 0.29) is 5.97 Å². The molecule has 0 radical (unpaired) electrons. The zero-order valence-corrected chi connectivity index (χ0v) is 19.8. The number of rotatable bonds is 7. The van der Waals surface area contributed by atoms with Crippen molar-refractivity contribution in [3.63, 3.8) is 0 Å². The van der Waals surface area contributed by atoms with Crippen molar-refractivity contribution in [1.29, 1.82) is 0 Å². The highest BCUT2D eigenvalue weighted by Crippen LogP contribution is 2.32. The van der Waals surface area contributed by atoms with Gasteiger partial charge in [0.25, 0.3) is 0 Å². The number of hydrogen-bond donors (Lipinski definition) is 1. The van der Waals surface area contributed by atoms with Crippen LogP contribution < -0.4 is 10.2 Å². The van der Waals surface area contributed by atoms with Crippen molar-refractivity contribution in [3.8, 4) is 0 Å². The van der Waals surface area contributed by atoms with Crippen LogP contribution in [0.1, 0.15) is 77.0 Å². The van der Waals surface area contributed by atoms with Crippen LogP contribution in [0.25, 0.3) is 0 Å². The Morgan fingerprint density at radius 2 is 1.84 bits per heavy atom. The third kappa shape index (κ3) is 6.56. The Labute approximate surface area is 193 Å². The third-order valence-corrected chi connectivity index (χ3v) is 7.67. The molecule has 32 heavy (non-hydrogen) atoms.